The Morgan fingerprint density at radius 1 is 1.20 bits per heavy atom. The number of carbonyl (C=O) groups is 1. The summed E-state index contributed by atoms with van der Waals surface area (Å²) in [5.41, 5.74) is 9.87. The summed E-state index contributed by atoms with van der Waals surface area (Å²) in [5, 5.41) is 12.0. The van der Waals surface area contributed by atoms with Crippen molar-refractivity contribution in [3.63, 3.8) is 0 Å². The number of halogens is 1. The zero-order chi connectivity index (χ0) is 18.1. The first-order valence-corrected chi connectivity index (χ1v) is 7.94. The van der Waals surface area contributed by atoms with Crippen LogP contribution in [0.2, 0.25) is 5.02 Å². The van der Waals surface area contributed by atoms with Crippen LogP contribution in [-0.2, 0) is 4.79 Å². The number of rotatable bonds is 3. The van der Waals surface area contributed by atoms with Gasteiger partial charge < -0.3 is 16.0 Å². The van der Waals surface area contributed by atoms with Crippen molar-refractivity contribution >= 4 is 45.9 Å². The first-order chi connectivity index (χ1) is 11.9. The summed E-state index contributed by atoms with van der Waals surface area (Å²) in [6.45, 7) is 3.90. The minimum Gasteiger partial charge on any atom is -0.399 e. The van der Waals surface area contributed by atoms with Gasteiger partial charge in [-0.1, -0.05) is 18.2 Å². The number of nitrogens with zero attached hydrogens (tertiary/aromatic N) is 1. The number of anilines is 3. The van der Waals surface area contributed by atoms with E-state index >= 15 is 0 Å². The highest BCUT2D eigenvalue weighted by Gasteiger charge is 2.27. The third-order valence-corrected chi connectivity index (χ3v) is 4.19. The number of benzene rings is 2. The summed E-state index contributed by atoms with van der Waals surface area (Å²) < 4.78 is 0. The summed E-state index contributed by atoms with van der Waals surface area (Å²) in [6.07, 6.45) is 1.67. The molecule has 0 unspecified atom stereocenters. The van der Waals surface area contributed by atoms with Crippen molar-refractivity contribution in [1.29, 1.82) is 5.41 Å². The summed E-state index contributed by atoms with van der Waals surface area (Å²) in [7, 11) is 1.61. The van der Waals surface area contributed by atoms with Gasteiger partial charge in [0.05, 0.1) is 0 Å². The highest BCUT2D eigenvalue weighted by molar-refractivity contribution is 6.48. The normalized spacial score (nSPS) is 14.6. The van der Waals surface area contributed by atoms with Crippen LogP contribution in [0.15, 0.2) is 60.8 Å². The molecule has 0 aliphatic carbocycles. The molecule has 1 aliphatic heterocycles. The number of allylic oxidation sites excluding steroid dienone is 1. The molecule has 0 spiro atoms. The van der Waals surface area contributed by atoms with Crippen molar-refractivity contribution in [2.75, 3.05) is 18.1 Å². The van der Waals surface area contributed by atoms with Gasteiger partial charge in [-0.05, 0) is 42.5 Å². The molecule has 0 fully saturated rings. The van der Waals surface area contributed by atoms with E-state index in [1.165, 1.54) is 4.90 Å². The molecule has 0 bridgehead atoms. The molecule has 0 saturated heterocycles. The molecule has 0 atom stereocenters. The van der Waals surface area contributed by atoms with Gasteiger partial charge in [-0.25, -0.2) is 0 Å². The second-order valence-electron chi connectivity index (χ2n) is 5.75. The van der Waals surface area contributed by atoms with Gasteiger partial charge in [-0.15, -0.1) is 0 Å². The second-order valence-corrected chi connectivity index (χ2v) is 6.19. The van der Waals surface area contributed by atoms with Gasteiger partial charge in [0.25, 0.3) is 5.91 Å². The lowest BCUT2D eigenvalue weighted by Gasteiger charge is -2.25. The van der Waals surface area contributed by atoms with Crippen LogP contribution in [0.1, 0.15) is 5.56 Å². The average molecular weight is 353 g/mol. The molecule has 1 heterocycles. The molecular weight excluding hydrogens is 336 g/mol. The predicted octanol–water partition coefficient (Wildman–Crippen LogP) is 4.05. The van der Waals surface area contributed by atoms with Crippen LogP contribution in [0.4, 0.5) is 17.1 Å². The summed E-state index contributed by atoms with van der Waals surface area (Å²) >= 11 is 5.93. The van der Waals surface area contributed by atoms with Crippen LogP contribution < -0.4 is 11.1 Å². The molecule has 5 nitrogen and oxygen atoms in total. The van der Waals surface area contributed by atoms with Gasteiger partial charge in [-0.2, -0.15) is 0 Å². The number of nitrogen functional groups attached to an aromatic ring is 1. The molecule has 3 rings (SSSR count). The van der Waals surface area contributed by atoms with E-state index in [2.05, 4.69) is 11.9 Å². The highest BCUT2D eigenvalue weighted by Crippen LogP contribution is 2.35. The Labute approximate surface area is 150 Å². The van der Waals surface area contributed by atoms with Crippen molar-refractivity contribution in [2.24, 2.45) is 0 Å². The Morgan fingerprint density at radius 3 is 2.56 bits per heavy atom. The molecule has 4 N–H and O–H groups in total. The fourth-order valence-electron chi connectivity index (χ4n) is 2.58. The molecule has 25 heavy (non-hydrogen) atoms. The van der Waals surface area contributed by atoms with Crippen molar-refractivity contribution in [3.8, 4) is 0 Å². The Kier molecular flexibility index (Phi) is 4.33. The molecular formula is C19H17ClN4O. The molecule has 0 radical (unpaired) electrons. The number of carbonyl (C=O) groups excluding carboxylic acids is 1. The lowest BCUT2D eigenvalue weighted by atomic mass is 9.91. The van der Waals surface area contributed by atoms with Crippen LogP contribution in [-0.4, -0.2) is 23.6 Å². The van der Waals surface area contributed by atoms with Crippen LogP contribution in [0.25, 0.3) is 5.57 Å². The van der Waals surface area contributed by atoms with Crippen LogP contribution in [0.3, 0.4) is 0 Å². The minimum absolute atomic E-state index is 0.125. The average Bonchev–Trinajstić information content (AvgIpc) is 2.60. The molecule has 1 aliphatic rings. The van der Waals surface area contributed by atoms with Gasteiger partial charge >= 0.3 is 0 Å². The molecule has 2 aromatic rings. The molecule has 6 heteroatoms. The first kappa shape index (κ1) is 16.8. The standard InChI is InChI=1S/C19H17ClN4O/c1-11-16(10-24(2)19(25)18(11)22)15-9-13(21)5-8-17(15)23-14-6-3-12(20)4-7-14/h3-10,22-23H,1,21H2,2H3. The van der Waals surface area contributed by atoms with E-state index in [-0.39, 0.29) is 11.6 Å². The molecule has 2 aromatic carbocycles. The number of nitrogens with two attached hydrogens (primary N) is 1. The fraction of sp³-hybridized carbons (Fsp3) is 0.0526. The van der Waals surface area contributed by atoms with Gasteiger partial charge in [0.2, 0.25) is 0 Å². The van der Waals surface area contributed by atoms with E-state index < -0.39 is 0 Å². The van der Waals surface area contributed by atoms with Gasteiger partial charge in [-0.3, -0.25) is 10.2 Å². The predicted molar refractivity (Wildman–Crippen MR) is 103 cm³/mol. The van der Waals surface area contributed by atoms with Gasteiger partial charge in [0, 0.05) is 52.0 Å². The van der Waals surface area contributed by atoms with Gasteiger partial charge in [0.15, 0.2) is 0 Å². The third kappa shape index (κ3) is 3.27. The lowest BCUT2D eigenvalue weighted by molar-refractivity contribution is -0.120. The largest absolute Gasteiger partial charge is 0.399 e. The Balaban J connectivity index is 2.07. The van der Waals surface area contributed by atoms with Gasteiger partial charge in [0.1, 0.15) is 5.71 Å². The summed E-state index contributed by atoms with van der Waals surface area (Å²) in [6, 6.07) is 12.8. The van der Waals surface area contributed by atoms with Crippen molar-refractivity contribution < 1.29 is 4.79 Å². The van der Waals surface area contributed by atoms with Crippen LogP contribution in [0, 0.1) is 5.41 Å². The van der Waals surface area contributed by atoms with E-state index in [1.807, 2.05) is 18.2 Å². The quantitative estimate of drug-likeness (QED) is 0.728. The van der Waals surface area contributed by atoms with Crippen LogP contribution >= 0.6 is 11.6 Å². The zero-order valence-corrected chi connectivity index (χ0v) is 14.4. The number of hydrogen-bond donors (Lipinski definition) is 3. The number of amides is 1. The monoisotopic (exact) mass is 352 g/mol. The molecule has 0 saturated carbocycles. The molecule has 1 amide bonds. The number of hydrogen-bond acceptors (Lipinski definition) is 4. The third-order valence-electron chi connectivity index (χ3n) is 3.94. The van der Waals surface area contributed by atoms with Crippen LogP contribution in [0.5, 0.6) is 0 Å². The van der Waals surface area contributed by atoms with Crippen molar-refractivity contribution in [3.05, 3.63) is 71.4 Å². The highest BCUT2D eigenvalue weighted by atomic mass is 35.5. The Hall–Kier alpha value is -3.05. The van der Waals surface area contributed by atoms with E-state index in [4.69, 9.17) is 22.7 Å². The maximum atomic E-state index is 11.9. The van der Waals surface area contributed by atoms with Crippen molar-refractivity contribution in [1.82, 2.24) is 4.90 Å². The van der Waals surface area contributed by atoms with E-state index in [0.29, 0.717) is 21.9 Å². The maximum absolute atomic E-state index is 11.9. The lowest BCUT2D eigenvalue weighted by Crippen LogP contribution is -2.34. The Bertz CT molecular complexity index is 916. The maximum Gasteiger partial charge on any atom is 0.276 e. The SMILES string of the molecule is C=C1C(=N)C(=O)N(C)C=C1c1cc(N)ccc1Nc1ccc(Cl)cc1. The molecule has 0 aromatic heterocycles. The second kappa shape index (κ2) is 6.45. The van der Waals surface area contributed by atoms with E-state index in [9.17, 15) is 4.79 Å². The van der Waals surface area contributed by atoms with E-state index in [1.54, 1.807) is 37.5 Å². The van der Waals surface area contributed by atoms with Crippen molar-refractivity contribution in [2.45, 2.75) is 0 Å². The summed E-state index contributed by atoms with van der Waals surface area (Å²) in [5.74, 6) is -0.384. The molecule has 126 valence electrons. The first-order valence-electron chi connectivity index (χ1n) is 7.56. The topological polar surface area (TPSA) is 82.2 Å². The van der Waals surface area contributed by atoms with E-state index in [0.717, 1.165) is 16.9 Å². The fourth-order valence-corrected chi connectivity index (χ4v) is 2.71. The minimum atomic E-state index is -0.384. The number of nitrogens with one attached hydrogen (secondary N) is 2. The smallest absolute Gasteiger partial charge is 0.276 e. The summed E-state index contributed by atoms with van der Waals surface area (Å²) in [4.78, 5) is 13.3. The zero-order valence-electron chi connectivity index (χ0n) is 13.6. The Morgan fingerprint density at radius 2 is 1.88 bits per heavy atom.